The molecule has 1 aliphatic carbocycles. The van der Waals surface area contributed by atoms with Crippen LogP contribution in [0.5, 0.6) is 5.88 Å². The van der Waals surface area contributed by atoms with Gasteiger partial charge in [-0.1, -0.05) is 19.1 Å². The molecule has 0 bridgehead atoms. The summed E-state index contributed by atoms with van der Waals surface area (Å²) in [5.41, 5.74) is 1.81. The number of rotatable bonds is 6. The number of pyridine rings is 2. The average molecular weight is 402 g/mol. The summed E-state index contributed by atoms with van der Waals surface area (Å²) in [5.74, 6) is -0.0450. The summed E-state index contributed by atoms with van der Waals surface area (Å²) in [6, 6.07) is 12.3. The maximum Gasteiger partial charge on any atom is 0.263 e. The van der Waals surface area contributed by atoms with E-state index in [1.54, 1.807) is 49.6 Å². The highest BCUT2D eigenvalue weighted by Crippen LogP contribution is 2.45. The first kappa shape index (κ1) is 19.6. The smallest absolute Gasteiger partial charge is 0.263 e. The molecule has 1 N–H and O–H groups in total. The van der Waals surface area contributed by atoms with Gasteiger partial charge in [-0.2, -0.15) is 5.26 Å². The molecule has 2 aromatic heterocycles. The lowest BCUT2D eigenvalue weighted by molar-refractivity contribution is 0.0949. The molecule has 7 heteroatoms. The topological polar surface area (TPSA) is 97.0 Å². The first-order chi connectivity index (χ1) is 14.4. The predicted octanol–water partition coefficient (Wildman–Crippen LogP) is 2.91. The van der Waals surface area contributed by atoms with Crippen molar-refractivity contribution in [1.82, 2.24) is 14.9 Å². The lowest BCUT2D eigenvalue weighted by atomic mass is 10.1. The molecule has 1 aromatic carbocycles. The Hall–Kier alpha value is -3.66. The second-order valence-corrected chi connectivity index (χ2v) is 8.07. The Morgan fingerprint density at radius 2 is 2.03 bits per heavy atom. The number of benzene rings is 1. The normalized spacial score (nSPS) is 14.2. The number of aromatic nitrogens is 2. The molecule has 0 saturated heterocycles. The molecule has 0 unspecified atom stereocenters. The standard InChI is InChI=1S/C23H22N4O3/c1-23(8-9-23)14-30-21-19-17(7-10-25-21)11-18(22(29)27(19)2)20(28)26-13-16-5-3-15(12-24)4-6-16/h3-7,10-11H,8-9,13-14H2,1-2H3,(H,26,28). The van der Waals surface area contributed by atoms with E-state index in [9.17, 15) is 9.59 Å². The predicted molar refractivity (Wildman–Crippen MR) is 112 cm³/mol. The highest BCUT2D eigenvalue weighted by molar-refractivity contribution is 5.98. The van der Waals surface area contributed by atoms with Gasteiger partial charge < -0.3 is 14.6 Å². The first-order valence-electron chi connectivity index (χ1n) is 9.79. The SMILES string of the molecule is Cn1c(=O)c(C(=O)NCc2ccc(C#N)cc2)cc2ccnc(OCC3(C)CC3)c21. The van der Waals surface area contributed by atoms with Crippen molar-refractivity contribution in [3.8, 4) is 11.9 Å². The Morgan fingerprint density at radius 1 is 1.30 bits per heavy atom. The van der Waals surface area contributed by atoms with Crippen molar-refractivity contribution in [2.75, 3.05) is 6.61 Å². The monoisotopic (exact) mass is 402 g/mol. The van der Waals surface area contributed by atoms with Gasteiger partial charge >= 0.3 is 0 Å². The van der Waals surface area contributed by atoms with Crippen molar-refractivity contribution < 1.29 is 9.53 Å². The minimum Gasteiger partial charge on any atom is -0.476 e. The molecule has 0 atom stereocenters. The zero-order valence-electron chi connectivity index (χ0n) is 16.9. The molecule has 2 heterocycles. The molecular weight excluding hydrogens is 380 g/mol. The van der Waals surface area contributed by atoms with Crippen molar-refractivity contribution in [3.05, 3.63) is 69.6 Å². The second kappa shape index (κ2) is 7.64. The molecule has 7 nitrogen and oxygen atoms in total. The zero-order chi connectivity index (χ0) is 21.3. The van der Waals surface area contributed by atoms with Crippen molar-refractivity contribution >= 4 is 16.8 Å². The summed E-state index contributed by atoms with van der Waals surface area (Å²) in [6.07, 6.45) is 3.87. The Kier molecular flexibility index (Phi) is 5.00. The third-order valence-corrected chi connectivity index (χ3v) is 5.53. The maximum absolute atomic E-state index is 12.9. The van der Waals surface area contributed by atoms with Gasteiger partial charge in [0.1, 0.15) is 11.1 Å². The molecule has 0 radical (unpaired) electrons. The van der Waals surface area contributed by atoms with Crippen LogP contribution in [0.4, 0.5) is 0 Å². The summed E-state index contributed by atoms with van der Waals surface area (Å²) >= 11 is 0. The van der Waals surface area contributed by atoms with Gasteiger partial charge in [-0.3, -0.25) is 9.59 Å². The van der Waals surface area contributed by atoms with Crippen LogP contribution in [-0.4, -0.2) is 22.1 Å². The van der Waals surface area contributed by atoms with E-state index >= 15 is 0 Å². The second-order valence-electron chi connectivity index (χ2n) is 8.07. The summed E-state index contributed by atoms with van der Waals surface area (Å²) < 4.78 is 7.33. The van der Waals surface area contributed by atoms with Crippen LogP contribution in [0, 0.1) is 16.7 Å². The number of aryl methyl sites for hydroxylation is 1. The number of amides is 1. The minimum atomic E-state index is -0.452. The number of hydrogen-bond donors (Lipinski definition) is 1. The highest BCUT2D eigenvalue weighted by atomic mass is 16.5. The van der Waals surface area contributed by atoms with Gasteiger partial charge in [0.2, 0.25) is 5.88 Å². The Balaban J connectivity index is 1.58. The number of nitrogens with one attached hydrogen (secondary N) is 1. The molecule has 1 fully saturated rings. The van der Waals surface area contributed by atoms with E-state index in [-0.39, 0.29) is 17.5 Å². The van der Waals surface area contributed by atoms with E-state index < -0.39 is 11.5 Å². The van der Waals surface area contributed by atoms with Crippen LogP contribution >= 0.6 is 0 Å². The van der Waals surface area contributed by atoms with Crippen LogP contribution in [0.25, 0.3) is 10.9 Å². The number of ether oxygens (including phenoxy) is 1. The van der Waals surface area contributed by atoms with E-state index in [1.165, 1.54) is 4.57 Å². The lowest BCUT2D eigenvalue weighted by Gasteiger charge is -2.15. The van der Waals surface area contributed by atoms with E-state index in [0.717, 1.165) is 18.4 Å². The lowest BCUT2D eigenvalue weighted by Crippen LogP contribution is -2.32. The fourth-order valence-electron chi connectivity index (χ4n) is 3.25. The van der Waals surface area contributed by atoms with E-state index in [2.05, 4.69) is 23.3 Å². The number of nitriles is 1. The van der Waals surface area contributed by atoms with Crippen molar-refractivity contribution in [3.63, 3.8) is 0 Å². The highest BCUT2D eigenvalue weighted by Gasteiger charge is 2.38. The fourth-order valence-corrected chi connectivity index (χ4v) is 3.25. The van der Waals surface area contributed by atoms with Crippen LogP contribution in [0.2, 0.25) is 0 Å². The molecule has 0 aliphatic heterocycles. The molecule has 0 spiro atoms. The molecule has 1 aliphatic rings. The summed E-state index contributed by atoms with van der Waals surface area (Å²) in [6.45, 7) is 2.97. The summed E-state index contributed by atoms with van der Waals surface area (Å²) in [7, 11) is 1.62. The molecule has 3 aromatic rings. The Bertz CT molecular complexity index is 1220. The summed E-state index contributed by atoms with van der Waals surface area (Å²) in [4.78, 5) is 29.9. The van der Waals surface area contributed by atoms with Crippen LogP contribution in [0.1, 0.15) is 41.3 Å². The van der Waals surface area contributed by atoms with Gasteiger partial charge in [0, 0.05) is 30.6 Å². The number of hydrogen-bond acceptors (Lipinski definition) is 5. The van der Waals surface area contributed by atoms with E-state index in [1.807, 2.05) is 0 Å². The Morgan fingerprint density at radius 3 is 2.70 bits per heavy atom. The largest absolute Gasteiger partial charge is 0.476 e. The number of carbonyl (C=O) groups excluding carboxylic acids is 1. The number of carbonyl (C=O) groups is 1. The zero-order valence-corrected chi connectivity index (χ0v) is 16.9. The molecule has 30 heavy (non-hydrogen) atoms. The van der Waals surface area contributed by atoms with Crippen molar-refractivity contribution in [2.45, 2.75) is 26.3 Å². The van der Waals surface area contributed by atoms with Gasteiger partial charge in [-0.15, -0.1) is 0 Å². The van der Waals surface area contributed by atoms with Gasteiger partial charge in [0.05, 0.1) is 18.2 Å². The molecule has 1 amide bonds. The minimum absolute atomic E-state index is 0.0601. The number of nitrogens with zero attached hydrogens (tertiary/aromatic N) is 3. The first-order valence-corrected chi connectivity index (χ1v) is 9.79. The van der Waals surface area contributed by atoms with Crippen LogP contribution in [0.15, 0.2) is 47.4 Å². The maximum atomic E-state index is 12.9. The van der Waals surface area contributed by atoms with Gasteiger partial charge in [0.15, 0.2) is 0 Å². The van der Waals surface area contributed by atoms with Crippen LogP contribution in [-0.2, 0) is 13.6 Å². The quantitative estimate of drug-likeness (QED) is 0.684. The van der Waals surface area contributed by atoms with E-state index in [0.29, 0.717) is 29.0 Å². The summed E-state index contributed by atoms with van der Waals surface area (Å²) in [5, 5.41) is 12.3. The molecule has 1 saturated carbocycles. The van der Waals surface area contributed by atoms with Crippen LogP contribution in [0.3, 0.4) is 0 Å². The van der Waals surface area contributed by atoms with Crippen LogP contribution < -0.4 is 15.6 Å². The third kappa shape index (κ3) is 3.90. The molecular formula is C23H22N4O3. The molecule has 152 valence electrons. The number of fused-ring (bicyclic) bond motifs is 1. The Labute approximate surface area is 173 Å². The van der Waals surface area contributed by atoms with Gasteiger partial charge in [-0.25, -0.2) is 4.98 Å². The third-order valence-electron chi connectivity index (χ3n) is 5.53. The van der Waals surface area contributed by atoms with Crippen molar-refractivity contribution in [1.29, 1.82) is 5.26 Å². The molecule has 4 rings (SSSR count). The van der Waals surface area contributed by atoms with E-state index in [4.69, 9.17) is 10.00 Å². The van der Waals surface area contributed by atoms with Gasteiger partial charge in [0.25, 0.3) is 11.5 Å². The van der Waals surface area contributed by atoms with Gasteiger partial charge in [-0.05, 0) is 42.7 Å². The van der Waals surface area contributed by atoms with Crippen molar-refractivity contribution in [2.24, 2.45) is 12.5 Å². The fraction of sp³-hybridized carbons (Fsp3) is 0.304. The average Bonchev–Trinajstić information content (AvgIpc) is 3.50.